The molecule has 3 amide bonds. The van der Waals surface area contributed by atoms with Crippen molar-refractivity contribution < 1.29 is 27.9 Å². The largest absolute Gasteiger partial charge is 0.374 e. The number of ether oxygens (including phenoxy) is 1. The van der Waals surface area contributed by atoms with E-state index in [0.717, 1.165) is 44.7 Å². The number of halogens is 2. The van der Waals surface area contributed by atoms with Crippen molar-refractivity contribution in [3.8, 4) is 17.5 Å². The Balaban J connectivity index is 0.756. The number of anilines is 2. The average Bonchev–Trinajstić information content (AvgIpc) is 4.12. The zero-order valence-corrected chi connectivity index (χ0v) is 33.7. The van der Waals surface area contributed by atoms with Gasteiger partial charge in [-0.3, -0.25) is 38.6 Å². The Morgan fingerprint density at radius 3 is 2.60 bits per heavy atom. The molecule has 4 aromatic heterocycles. The molecule has 4 fully saturated rings. The number of benzene rings is 2. The van der Waals surface area contributed by atoms with Crippen LogP contribution in [0.25, 0.3) is 22.4 Å². The van der Waals surface area contributed by atoms with E-state index in [4.69, 9.17) is 9.72 Å². The van der Waals surface area contributed by atoms with Crippen LogP contribution < -0.4 is 21.2 Å². The topological polar surface area (TPSA) is 169 Å². The summed E-state index contributed by atoms with van der Waals surface area (Å²) < 4.78 is 40.0. The number of amides is 3. The molecule has 0 aliphatic carbocycles. The molecule has 62 heavy (non-hydrogen) atoms. The fourth-order valence-electron chi connectivity index (χ4n) is 8.96. The minimum Gasteiger partial charge on any atom is -0.374 e. The van der Waals surface area contributed by atoms with Gasteiger partial charge in [-0.2, -0.15) is 10.2 Å². The summed E-state index contributed by atoms with van der Waals surface area (Å²) in [5.74, 6) is 5.79. The summed E-state index contributed by atoms with van der Waals surface area (Å²) in [6.07, 6.45) is 3.10. The lowest BCUT2D eigenvalue weighted by atomic mass is 10.1. The van der Waals surface area contributed by atoms with Crippen molar-refractivity contribution in [1.82, 2.24) is 48.6 Å². The van der Waals surface area contributed by atoms with Gasteiger partial charge >= 0.3 is 5.69 Å². The number of fused-ring (bicyclic) bond motifs is 4. The highest BCUT2D eigenvalue weighted by Gasteiger charge is 2.40. The average molecular weight is 845 g/mol. The number of alkyl halides is 2. The van der Waals surface area contributed by atoms with Crippen LogP contribution in [0.4, 0.5) is 20.3 Å². The summed E-state index contributed by atoms with van der Waals surface area (Å²) in [5.41, 5.74) is 3.04. The van der Waals surface area contributed by atoms with E-state index in [1.807, 2.05) is 42.5 Å². The lowest BCUT2D eigenvalue weighted by Gasteiger charge is -2.33. The lowest BCUT2D eigenvalue weighted by Crippen LogP contribution is -2.45. The molecule has 10 rings (SSSR count). The summed E-state index contributed by atoms with van der Waals surface area (Å²) >= 11 is 0. The van der Waals surface area contributed by atoms with Crippen molar-refractivity contribution in [1.29, 1.82) is 0 Å². The number of hydrogen-bond acceptors (Lipinski definition) is 11. The third kappa shape index (κ3) is 7.29. The van der Waals surface area contributed by atoms with Crippen molar-refractivity contribution >= 4 is 45.9 Å². The van der Waals surface area contributed by atoms with Crippen LogP contribution in [-0.2, 0) is 27.9 Å². The van der Waals surface area contributed by atoms with E-state index in [1.54, 1.807) is 19.3 Å². The number of morpholine rings is 1. The number of carbonyl (C=O) groups excluding carboxylic acids is 3. The van der Waals surface area contributed by atoms with E-state index in [9.17, 15) is 28.0 Å². The van der Waals surface area contributed by atoms with Gasteiger partial charge < -0.3 is 15.0 Å². The summed E-state index contributed by atoms with van der Waals surface area (Å²) in [6, 6.07) is 14.3. The molecule has 2 aromatic carbocycles. The molecule has 318 valence electrons. The first-order chi connectivity index (χ1) is 30.1. The molecule has 0 saturated carbocycles. The van der Waals surface area contributed by atoms with Gasteiger partial charge in [-0.05, 0) is 48.7 Å². The predicted octanol–water partition coefficient (Wildman–Crippen LogP) is 2.88. The maximum absolute atomic E-state index is 14.2. The van der Waals surface area contributed by atoms with E-state index >= 15 is 0 Å². The van der Waals surface area contributed by atoms with Gasteiger partial charge in [0.1, 0.15) is 17.4 Å². The molecular formula is C43H42F2N12O5. The van der Waals surface area contributed by atoms with Crippen LogP contribution in [0, 0.1) is 11.8 Å². The van der Waals surface area contributed by atoms with Crippen LogP contribution in [0.15, 0.2) is 71.9 Å². The van der Waals surface area contributed by atoms with E-state index in [1.165, 1.54) is 30.7 Å². The first kappa shape index (κ1) is 39.4. The molecule has 0 radical (unpaired) electrons. The van der Waals surface area contributed by atoms with Crippen molar-refractivity contribution in [3.63, 3.8) is 0 Å². The van der Waals surface area contributed by atoms with Crippen molar-refractivity contribution in [2.24, 2.45) is 7.05 Å². The molecule has 6 aromatic rings. The number of carbonyl (C=O) groups is 3. The molecule has 19 heteroatoms. The highest BCUT2D eigenvalue weighted by molar-refractivity contribution is 6.08. The number of para-hydroxylation sites is 1. The van der Waals surface area contributed by atoms with Gasteiger partial charge in [-0.1, -0.05) is 30.0 Å². The third-order valence-electron chi connectivity index (χ3n) is 12.2. The van der Waals surface area contributed by atoms with Crippen LogP contribution in [0.3, 0.4) is 0 Å². The second-order valence-corrected chi connectivity index (χ2v) is 16.1. The standard InChI is InChI=1S/C43H42F2N12O5/c1-51-38-27(4-2-6-33(38)57(43(51)61)34-11-12-36(58)49-42(34)60)5-3-14-52-16-18-53(19-17-52)22-26-7-9-28(10-8-26)56-24-32(37(50-56)39(44)45)47-41(59)31-21-46-55-15-13-35(48-40(31)55)54-23-30-20-29(54)25-62-30/h2,4,6-10,13,15,21,24,29-30,34,39H,11-12,14,16-20,22-23,25H2,1H3,(H,47,59)(H,49,58,60)/t29-,30-,34?/m1/s1. The number of piperidine rings is 1. The van der Waals surface area contributed by atoms with Gasteiger partial charge in [0.15, 0.2) is 11.3 Å². The van der Waals surface area contributed by atoms with E-state index in [2.05, 4.69) is 47.4 Å². The monoisotopic (exact) mass is 844 g/mol. The maximum atomic E-state index is 14.2. The quantitative estimate of drug-likeness (QED) is 0.162. The first-order valence-electron chi connectivity index (χ1n) is 20.6. The number of imide groups is 1. The molecule has 2 bridgehead atoms. The predicted molar refractivity (Wildman–Crippen MR) is 222 cm³/mol. The Kier molecular flexibility index (Phi) is 10.1. The number of nitrogens with zero attached hydrogens (tertiary/aromatic N) is 10. The van der Waals surface area contributed by atoms with Crippen LogP contribution in [0.2, 0.25) is 0 Å². The van der Waals surface area contributed by atoms with Crippen molar-refractivity contribution in [2.45, 2.75) is 50.4 Å². The molecule has 4 aliphatic rings. The van der Waals surface area contributed by atoms with Gasteiger partial charge in [0, 0.05) is 58.9 Å². The Hall–Kier alpha value is -6.75. The molecule has 1 unspecified atom stereocenters. The molecule has 8 heterocycles. The zero-order valence-electron chi connectivity index (χ0n) is 33.7. The highest BCUT2D eigenvalue weighted by Crippen LogP contribution is 2.33. The molecule has 2 N–H and O–H groups in total. The molecule has 17 nitrogen and oxygen atoms in total. The Labute approximate surface area is 352 Å². The molecule has 3 atom stereocenters. The smallest absolute Gasteiger partial charge is 0.329 e. The normalized spacial score (nSPS) is 20.6. The van der Waals surface area contributed by atoms with Crippen LogP contribution >= 0.6 is 0 Å². The minimum atomic E-state index is -2.93. The Morgan fingerprint density at radius 1 is 1.05 bits per heavy atom. The van der Waals surface area contributed by atoms with Crippen molar-refractivity contribution in [2.75, 3.05) is 56.1 Å². The number of rotatable bonds is 9. The van der Waals surface area contributed by atoms with Gasteiger partial charge in [-0.25, -0.2) is 27.8 Å². The van der Waals surface area contributed by atoms with Crippen LogP contribution in [0.1, 0.15) is 58.9 Å². The van der Waals surface area contributed by atoms with E-state index < -0.39 is 30.0 Å². The second-order valence-electron chi connectivity index (χ2n) is 16.1. The van der Waals surface area contributed by atoms with E-state index in [0.29, 0.717) is 53.4 Å². The second kappa shape index (κ2) is 15.9. The van der Waals surface area contributed by atoms with Gasteiger partial charge in [0.05, 0.1) is 65.7 Å². The SMILES string of the molecule is Cn1c(=O)n(C2CCC(=O)NC2=O)c2cccc(C#CCN3CCN(Cc4ccc(-n5cc(NC(=O)c6cnn7ccc(N8C[C@H]9C[C@@H]8CO9)nc67)c(C(F)F)n5)cc4)CC3)c21. The van der Waals surface area contributed by atoms with Gasteiger partial charge in [0.2, 0.25) is 11.8 Å². The zero-order chi connectivity index (χ0) is 42.6. The van der Waals surface area contributed by atoms with Crippen molar-refractivity contribution in [3.05, 3.63) is 100.0 Å². The maximum Gasteiger partial charge on any atom is 0.329 e. The van der Waals surface area contributed by atoms with Gasteiger partial charge in [-0.15, -0.1) is 0 Å². The molecule has 0 spiro atoms. The van der Waals surface area contributed by atoms with E-state index in [-0.39, 0.29) is 47.8 Å². The fraction of sp³-hybridized carbons (Fsp3) is 0.372. The van der Waals surface area contributed by atoms with Crippen LogP contribution in [0.5, 0.6) is 0 Å². The third-order valence-corrected chi connectivity index (χ3v) is 12.2. The number of aromatic nitrogens is 7. The summed E-state index contributed by atoms with van der Waals surface area (Å²) in [6.45, 7) is 5.84. The fourth-order valence-corrected chi connectivity index (χ4v) is 8.96. The number of imidazole rings is 1. The summed E-state index contributed by atoms with van der Waals surface area (Å²) in [7, 11) is 1.66. The number of hydrogen-bond donors (Lipinski definition) is 2. The minimum absolute atomic E-state index is 0.104. The number of aryl methyl sites for hydroxylation is 1. The molecular weight excluding hydrogens is 803 g/mol. The molecule has 4 aliphatic heterocycles. The molecule has 4 saturated heterocycles. The summed E-state index contributed by atoms with van der Waals surface area (Å²) in [4.78, 5) is 62.6. The first-order valence-corrected chi connectivity index (χ1v) is 20.6. The Morgan fingerprint density at radius 2 is 1.85 bits per heavy atom. The summed E-state index contributed by atoms with van der Waals surface area (Å²) in [5, 5.41) is 13.4. The highest BCUT2D eigenvalue weighted by atomic mass is 19.3. The van der Waals surface area contributed by atoms with Crippen LogP contribution in [-0.4, -0.2) is 119 Å². The number of piperazine rings is 1. The number of nitrogens with one attached hydrogen (secondary N) is 2. The van der Waals surface area contributed by atoms with Gasteiger partial charge in [0.25, 0.3) is 12.3 Å². The Bertz CT molecular complexity index is 2860. The lowest BCUT2D eigenvalue weighted by molar-refractivity contribution is -0.135.